The molecule has 1 atom stereocenters. The van der Waals surface area contributed by atoms with Crippen molar-refractivity contribution in [1.29, 1.82) is 0 Å². The van der Waals surface area contributed by atoms with Gasteiger partial charge in [-0.2, -0.15) is 0 Å². The second kappa shape index (κ2) is 4.29. The molecular weight excluding hydrogens is 218 g/mol. The lowest BCUT2D eigenvalue weighted by molar-refractivity contribution is 0.378. The van der Waals surface area contributed by atoms with Gasteiger partial charge < -0.3 is 5.32 Å². The van der Waals surface area contributed by atoms with Gasteiger partial charge in [0.05, 0.1) is 0 Å². The molecule has 88 valence electrons. The van der Waals surface area contributed by atoms with Crippen LogP contribution in [0.2, 0.25) is 5.02 Å². The van der Waals surface area contributed by atoms with Gasteiger partial charge in [-0.15, -0.1) is 0 Å². The van der Waals surface area contributed by atoms with Crippen molar-refractivity contribution < 1.29 is 0 Å². The first-order valence-corrected chi connectivity index (χ1v) is 6.37. The van der Waals surface area contributed by atoms with E-state index in [0.717, 1.165) is 10.6 Å². The van der Waals surface area contributed by atoms with Crippen LogP contribution in [0, 0.1) is 12.3 Å². The van der Waals surface area contributed by atoms with E-state index in [1.165, 1.54) is 24.9 Å². The van der Waals surface area contributed by atoms with Crippen molar-refractivity contribution in [2.45, 2.75) is 46.1 Å². The second-order valence-corrected chi connectivity index (χ2v) is 6.07. The van der Waals surface area contributed by atoms with Crippen molar-refractivity contribution >= 4 is 17.3 Å². The van der Waals surface area contributed by atoms with Gasteiger partial charge in [0.15, 0.2) is 0 Å². The first kappa shape index (κ1) is 11.8. The van der Waals surface area contributed by atoms with E-state index < -0.39 is 0 Å². The molecule has 1 aromatic rings. The number of nitrogens with one attached hydrogen (secondary N) is 1. The van der Waals surface area contributed by atoms with Crippen LogP contribution in [0.4, 0.5) is 5.69 Å². The summed E-state index contributed by atoms with van der Waals surface area (Å²) in [6.07, 6.45) is 3.82. The normalized spacial score (nSPS) is 23.4. The van der Waals surface area contributed by atoms with E-state index in [9.17, 15) is 0 Å². The fourth-order valence-corrected chi connectivity index (χ4v) is 2.72. The monoisotopic (exact) mass is 237 g/mol. The van der Waals surface area contributed by atoms with Crippen molar-refractivity contribution in [3.05, 3.63) is 28.8 Å². The van der Waals surface area contributed by atoms with Gasteiger partial charge in [-0.05, 0) is 49.3 Å². The maximum absolute atomic E-state index is 6.12. The van der Waals surface area contributed by atoms with E-state index in [2.05, 4.69) is 32.2 Å². The maximum Gasteiger partial charge on any atom is 0.0455 e. The Balaban J connectivity index is 2.08. The average molecular weight is 238 g/mol. The first-order chi connectivity index (χ1) is 7.48. The van der Waals surface area contributed by atoms with Crippen LogP contribution >= 0.6 is 11.6 Å². The zero-order valence-electron chi connectivity index (χ0n) is 10.3. The molecule has 1 aliphatic carbocycles. The Kier molecular flexibility index (Phi) is 3.16. The molecule has 16 heavy (non-hydrogen) atoms. The number of hydrogen-bond donors (Lipinski definition) is 1. The molecule has 0 amide bonds. The summed E-state index contributed by atoms with van der Waals surface area (Å²) >= 11 is 6.12. The van der Waals surface area contributed by atoms with Gasteiger partial charge in [-0.25, -0.2) is 0 Å². The molecule has 0 heterocycles. The van der Waals surface area contributed by atoms with Crippen molar-refractivity contribution in [1.82, 2.24) is 0 Å². The van der Waals surface area contributed by atoms with Gasteiger partial charge in [-0.1, -0.05) is 31.5 Å². The van der Waals surface area contributed by atoms with E-state index in [4.69, 9.17) is 11.6 Å². The lowest BCUT2D eigenvalue weighted by Gasteiger charge is -2.19. The van der Waals surface area contributed by atoms with Crippen LogP contribution in [-0.4, -0.2) is 6.04 Å². The van der Waals surface area contributed by atoms with Crippen molar-refractivity contribution in [3.8, 4) is 0 Å². The quantitative estimate of drug-likeness (QED) is 0.790. The zero-order chi connectivity index (χ0) is 11.8. The first-order valence-electron chi connectivity index (χ1n) is 6.00. The van der Waals surface area contributed by atoms with Crippen LogP contribution < -0.4 is 5.32 Å². The van der Waals surface area contributed by atoms with Crippen LogP contribution in [-0.2, 0) is 0 Å². The van der Waals surface area contributed by atoms with Gasteiger partial charge in [-0.3, -0.25) is 0 Å². The molecule has 1 N–H and O–H groups in total. The standard InChI is InChI=1S/C14H20ClN/c1-10-12(15)5-4-6-13(10)16-11-7-8-14(2,3)9-11/h4-6,11,16H,7-9H2,1-3H3. The Hall–Kier alpha value is -0.690. The van der Waals surface area contributed by atoms with Crippen LogP contribution in [0.3, 0.4) is 0 Å². The summed E-state index contributed by atoms with van der Waals surface area (Å²) in [4.78, 5) is 0. The Morgan fingerprint density at radius 2 is 2.12 bits per heavy atom. The number of benzene rings is 1. The number of anilines is 1. The second-order valence-electron chi connectivity index (χ2n) is 5.66. The molecular formula is C14H20ClN. The van der Waals surface area contributed by atoms with E-state index in [1.54, 1.807) is 0 Å². The summed E-state index contributed by atoms with van der Waals surface area (Å²) in [6, 6.07) is 6.68. The van der Waals surface area contributed by atoms with E-state index >= 15 is 0 Å². The summed E-state index contributed by atoms with van der Waals surface area (Å²) < 4.78 is 0. The Morgan fingerprint density at radius 1 is 1.38 bits per heavy atom. The smallest absolute Gasteiger partial charge is 0.0455 e. The molecule has 0 aliphatic heterocycles. The molecule has 2 rings (SSSR count). The molecule has 2 heteroatoms. The molecule has 0 bridgehead atoms. The van der Waals surface area contributed by atoms with Gasteiger partial charge >= 0.3 is 0 Å². The Bertz CT molecular complexity index is 384. The maximum atomic E-state index is 6.12. The highest BCUT2D eigenvalue weighted by Gasteiger charge is 2.30. The summed E-state index contributed by atoms with van der Waals surface area (Å²) in [6.45, 7) is 6.77. The molecule has 1 unspecified atom stereocenters. The van der Waals surface area contributed by atoms with E-state index in [1.807, 2.05) is 12.1 Å². The van der Waals surface area contributed by atoms with E-state index in [-0.39, 0.29) is 0 Å². The van der Waals surface area contributed by atoms with Gasteiger partial charge in [0.25, 0.3) is 0 Å². The largest absolute Gasteiger partial charge is 0.382 e. The molecule has 0 aromatic heterocycles. The fraction of sp³-hybridized carbons (Fsp3) is 0.571. The topological polar surface area (TPSA) is 12.0 Å². The van der Waals surface area contributed by atoms with Crippen molar-refractivity contribution in [3.63, 3.8) is 0 Å². The SMILES string of the molecule is Cc1c(Cl)cccc1NC1CCC(C)(C)C1. The predicted molar refractivity (Wildman–Crippen MR) is 71.2 cm³/mol. The highest BCUT2D eigenvalue weighted by Crippen LogP contribution is 2.38. The third-order valence-corrected chi connectivity index (χ3v) is 4.01. The molecule has 0 spiro atoms. The summed E-state index contributed by atoms with van der Waals surface area (Å²) in [5, 5.41) is 4.47. The van der Waals surface area contributed by atoms with Crippen molar-refractivity contribution in [2.75, 3.05) is 5.32 Å². The minimum absolute atomic E-state index is 0.490. The Labute approximate surface area is 103 Å². The zero-order valence-corrected chi connectivity index (χ0v) is 11.1. The highest BCUT2D eigenvalue weighted by molar-refractivity contribution is 6.31. The number of hydrogen-bond acceptors (Lipinski definition) is 1. The average Bonchev–Trinajstić information content (AvgIpc) is 2.53. The summed E-state index contributed by atoms with van der Waals surface area (Å²) in [5.41, 5.74) is 2.84. The van der Waals surface area contributed by atoms with E-state index in [0.29, 0.717) is 11.5 Å². The molecule has 1 nitrogen and oxygen atoms in total. The van der Waals surface area contributed by atoms with Crippen LogP contribution in [0.5, 0.6) is 0 Å². The van der Waals surface area contributed by atoms with Crippen molar-refractivity contribution in [2.24, 2.45) is 5.41 Å². The summed E-state index contributed by atoms with van der Waals surface area (Å²) in [7, 11) is 0. The van der Waals surface area contributed by atoms with Gasteiger partial charge in [0.1, 0.15) is 0 Å². The minimum Gasteiger partial charge on any atom is -0.382 e. The molecule has 1 saturated carbocycles. The number of rotatable bonds is 2. The number of halogens is 1. The molecule has 1 aliphatic rings. The molecule has 1 fully saturated rings. The molecule has 0 radical (unpaired) electrons. The van der Waals surface area contributed by atoms with Gasteiger partial charge in [0, 0.05) is 16.8 Å². The highest BCUT2D eigenvalue weighted by atomic mass is 35.5. The lowest BCUT2D eigenvalue weighted by Crippen LogP contribution is -2.18. The molecule has 1 aromatic carbocycles. The predicted octanol–water partition coefficient (Wildman–Crippen LogP) is 4.64. The summed E-state index contributed by atoms with van der Waals surface area (Å²) in [5.74, 6) is 0. The third kappa shape index (κ3) is 2.52. The minimum atomic E-state index is 0.490. The van der Waals surface area contributed by atoms with Gasteiger partial charge in [0.2, 0.25) is 0 Å². The fourth-order valence-electron chi connectivity index (χ4n) is 2.54. The van der Waals surface area contributed by atoms with Crippen LogP contribution in [0.1, 0.15) is 38.7 Å². The Morgan fingerprint density at radius 3 is 2.75 bits per heavy atom. The third-order valence-electron chi connectivity index (χ3n) is 3.60. The molecule has 0 saturated heterocycles. The van der Waals surface area contributed by atoms with Crippen LogP contribution in [0.25, 0.3) is 0 Å². The van der Waals surface area contributed by atoms with Crippen LogP contribution in [0.15, 0.2) is 18.2 Å². The lowest BCUT2D eigenvalue weighted by atomic mass is 9.92.